The topological polar surface area (TPSA) is 76.2 Å². The highest BCUT2D eigenvalue weighted by Gasteiger charge is 2.44. The summed E-state index contributed by atoms with van der Waals surface area (Å²) >= 11 is 0. The molecule has 2 aliphatic rings. The standard InChI is InChI=1S/C27H30N2O5/c1-33-23-14-13-20(17-24(23)34-2)26(31)28(16-15-19-9-5-3-6-10-19)22-18-25(30)29(27(22)32)21-11-7-4-8-12-21/h4,7-9,11-14,17,22H,3,5-6,10,15-16,18H2,1-2H3. The summed E-state index contributed by atoms with van der Waals surface area (Å²) in [5.74, 6) is -0.0346. The van der Waals surface area contributed by atoms with Crippen LogP contribution in [0.4, 0.5) is 5.69 Å². The van der Waals surface area contributed by atoms with Gasteiger partial charge in [-0.1, -0.05) is 29.8 Å². The highest BCUT2D eigenvalue weighted by Crippen LogP contribution is 2.31. The van der Waals surface area contributed by atoms with Gasteiger partial charge in [0, 0.05) is 12.1 Å². The lowest BCUT2D eigenvalue weighted by molar-refractivity contribution is -0.122. The van der Waals surface area contributed by atoms with Gasteiger partial charge in [-0.2, -0.15) is 0 Å². The van der Waals surface area contributed by atoms with Gasteiger partial charge in [-0.05, 0) is 62.4 Å². The molecule has 1 fully saturated rings. The van der Waals surface area contributed by atoms with E-state index in [-0.39, 0.29) is 24.1 Å². The summed E-state index contributed by atoms with van der Waals surface area (Å²) in [5, 5.41) is 0. The number of ether oxygens (including phenoxy) is 2. The van der Waals surface area contributed by atoms with Crippen LogP contribution in [0.3, 0.4) is 0 Å². The van der Waals surface area contributed by atoms with E-state index in [0.717, 1.165) is 19.3 Å². The Morgan fingerprint density at radius 3 is 2.47 bits per heavy atom. The number of hydrogen-bond acceptors (Lipinski definition) is 5. The lowest BCUT2D eigenvalue weighted by Crippen LogP contribution is -2.46. The summed E-state index contributed by atoms with van der Waals surface area (Å²) in [4.78, 5) is 42.7. The van der Waals surface area contributed by atoms with Gasteiger partial charge < -0.3 is 14.4 Å². The molecule has 1 saturated heterocycles. The van der Waals surface area contributed by atoms with Crippen LogP contribution in [0.2, 0.25) is 0 Å². The van der Waals surface area contributed by atoms with Crippen molar-refractivity contribution in [2.45, 2.75) is 44.6 Å². The minimum atomic E-state index is -0.850. The van der Waals surface area contributed by atoms with Crippen molar-refractivity contribution < 1.29 is 23.9 Å². The van der Waals surface area contributed by atoms with E-state index in [1.807, 2.05) is 6.07 Å². The molecule has 2 aromatic rings. The maximum atomic E-state index is 13.7. The number of methoxy groups -OCH3 is 2. The summed E-state index contributed by atoms with van der Waals surface area (Å²) in [5.41, 5.74) is 2.20. The molecule has 1 unspecified atom stereocenters. The summed E-state index contributed by atoms with van der Waals surface area (Å²) in [6.45, 7) is 0.366. The molecule has 0 aromatic heterocycles. The lowest BCUT2D eigenvalue weighted by atomic mass is 9.96. The molecule has 0 bridgehead atoms. The van der Waals surface area contributed by atoms with Crippen molar-refractivity contribution in [3.05, 3.63) is 65.7 Å². The molecule has 1 heterocycles. The zero-order valence-corrected chi connectivity index (χ0v) is 19.7. The number of carbonyl (C=O) groups is 3. The Kier molecular flexibility index (Phi) is 7.30. The van der Waals surface area contributed by atoms with Crippen molar-refractivity contribution in [3.8, 4) is 11.5 Å². The first-order valence-electron chi connectivity index (χ1n) is 11.7. The number of benzene rings is 2. The number of nitrogens with zero attached hydrogens (tertiary/aromatic N) is 2. The van der Waals surface area contributed by atoms with Crippen LogP contribution in [-0.2, 0) is 9.59 Å². The molecule has 34 heavy (non-hydrogen) atoms. The predicted octanol–water partition coefficient (Wildman–Crippen LogP) is 4.37. The van der Waals surface area contributed by atoms with Crippen molar-refractivity contribution in [2.24, 2.45) is 0 Å². The molecule has 2 aromatic carbocycles. The fraction of sp³-hybridized carbons (Fsp3) is 0.370. The molecular formula is C27H30N2O5. The Labute approximate surface area is 199 Å². The van der Waals surface area contributed by atoms with E-state index < -0.39 is 6.04 Å². The molecule has 0 N–H and O–H groups in total. The molecule has 7 heteroatoms. The number of anilines is 1. The van der Waals surface area contributed by atoms with Crippen molar-refractivity contribution in [3.63, 3.8) is 0 Å². The second-order valence-corrected chi connectivity index (χ2v) is 8.55. The molecule has 1 atom stereocenters. The zero-order valence-electron chi connectivity index (χ0n) is 19.7. The minimum absolute atomic E-state index is 0.0359. The Hall–Kier alpha value is -3.61. The summed E-state index contributed by atoms with van der Waals surface area (Å²) in [7, 11) is 3.04. The van der Waals surface area contributed by atoms with E-state index >= 15 is 0 Å². The molecular weight excluding hydrogens is 432 g/mol. The fourth-order valence-electron chi connectivity index (χ4n) is 4.64. The van der Waals surface area contributed by atoms with Crippen LogP contribution in [-0.4, -0.2) is 49.4 Å². The maximum Gasteiger partial charge on any atom is 0.257 e. The first kappa shape index (κ1) is 23.5. The second kappa shape index (κ2) is 10.5. The van der Waals surface area contributed by atoms with Gasteiger partial charge in [-0.3, -0.25) is 14.4 Å². The Balaban J connectivity index is 1.64. The zero-order chi connectivity index (χ0) is 24.1. The van der Waals surface area contributed by atoms with Crippen molar-refractivity contribution in [2.75, 3.05) is 25.7 Å². The van der Waals surface area contributed by atoms with Gasteiger partial charge in [0.15, 0.2) is 11.5 Å². The molecule has 3 amide bonds. The average Bonchev–Trinajstić information content (AvgIpc) is 3.18. The van der Waals surface area contributed by atoms with Crippen LogP contribution in [0.5, 0.6) is 11.5 Å². The summed E-state index contributed by atoms with van der Waals surface area (Å²) in [6, 6.07) is 12.9. The van der Waals surface area contributed by atoms with E-state index in [2.05, 4.69) is 6.08 Å². The Bertz CT molecular complexity index is 1100. The molecule has 1 aliphatic carbocycles. The molecule has 0 spiro atoms. The molecule has 7 nitrogen and oxygen atoms in total. The number of para-hydroxylation sites is 1. The van der Waals surface area contributed by atoms with Crippen molar-refractivity contribution in [1.29, 1.82) is 0 Å². The molecule has 1 aliphatic heterocycles. The number of imide groups is 1. The molecule has 178 valence electrons. The SMILES string of the molecule is COc1ccc(C(=O)N(CCC2=CCCCC2)C2CC(=O)N(c3ccccc3)C2=O)cc1OC. The summed E-state index contributed by atoms with van der Waals surface area (Å²) < 4.78 is 10.7. The molecule has 0 saturated carbocycles. The predicted molar refractivity (Wildman–Crippen MR) is 129 cm³/mol. The van der Waals surface area contributed by atoms with E-state index in [0.29, 0.717) is 35.7 Å². The van der Waals surface area contributed by atoms with E-state index in [1.54, 1.807) is 47.4 Å². The van der Waals surface area contributed by atoms with Gasteiger partial charge in [-0.15, -0.1) is 0 Å². The minimum Gasteiger partial charge on any atom is -0.493 e. The van der Waals surface area contributed by atoms with E-state index in [9.17, 15) is 14.4 Å². The highest BCUT2D eigenvalue weighted by molar-refractivity contribution is 6.23. The van der Waals surface area contributed by atoms with Gasteiger partial charge in [0.05, 0.1) is 26.3 Å². The van der Waals surface area contributed by atoms with Crippen LogP contribution in [0.1, 0.15) is 48.9 Å². The third-order valence-corrected chi connectivity index (χ3v) is 6.46. The number of amides is 3. The lowest BCUT2D eigenvalue weighted by Gasteiger charge is -2.29. The third-order valence-electron chi connectivity index (χ3n) is 6.46. The first-order valence-corrected chi connectivity index (χ1v) is 11.7. The van der Waals surface area contributed by atoms with Crippen molar-refractivity contribution >= 4 is 23.4 Å². The van der Waals surface area contributed by atoms with Gasteiger partial charge in [0.25, 0.3) is 11.8 Å². The monoisotopic (exact) mass is 462 g/mol. The quantitative estimate of drug-likeness (QED) is 0.430. The second-order valence-electron chi connectivity index (χ2n) is 8.55. The van der Waals surface area contributed by atoms with E-state index in [1.165, 1.54) is 31.1 Å². The van der Waals surface area contributed by atoms with Crippen LogP contribution in [0.15, 0.2) is 60.2 Å². The number of allylic oxidation sites excluding steroid dienone is 1. The fourth-order valence-corrected chi connectivity index (χ4v) is 4.64. The number of rotatable bonds is 8. The normalized spacial score (nSPS) is 18.0. The van der Waals surface area contributed by atoms with Crippen LogP contribution >= 0.6 is 0 Å². The molecule has 4 rings (SSSR count). The van der Waals surface area contributed by atoms with Crippen LogP contribution in [0.25, 0.3) is 0 Å². The number of carbonyl (C=O) groups excluding carboxylic acids is 3. The highest BCUT2D eigenvalue weighted by atomic mass is 16.5. The first-order chi connectivity index (χ1) is 16.5. The van der Waals surface area contributed by atoms with Gasteiger partial charge in [-0.25, -0.2) is 4.90 Å². The van der Waals surface area contributed by atoms with Gasteiger partial charge >= 0.3 is 0 Å². The van der Waals surface area contributed by atoms with E-state index in [4.69, 9.17) is 9.47 Å². The largest absolute Gasteiger partial charge is 0.493 e. The third kappa shape index (κ3) is 4.83. The Morgan fingerprint density at radius 2 is 1.79 bits per heavy atom. The maximum absolute atomic E-state index is 13.7. The van der Waals surface area contributed by atoms with Gasteiger partial charge in [0.2, 0.25) is 5.91 Å². The van der Waals surface area contributed by atoms with Crippen LogP contribution in [0, 0.1) is 0 Å². The van der Waals surface area contributed by atoms with Crippen molar-refractivity contribution in [1.82, 2.24) is 4.90 Å². The Morgan fingerprint density at radius 1 is 1.03 bits per heavy atom. The average molecular weight is 463 g/mol. The summed E-state index contributed by atoms with van der Waals surface area (Å²) in [6.07, 6.45) is 7.25. The number of hydrogen-bond donors (Lipinski definition) is 0. The van der Waals surface area contributed by atoms with Gasteiger partial charge in [0.1, 0.15) is 6.04 Å². The van der Waals surface area contributed by atoms with Crippen LogP contribution < -0.4 is 14.4 Å². The smallest absolute Gasteiger partial charge is 0.257 e. The molecule has 0 radical (unpaired) electrons.